The Morgan fingerprint density at radius 3 is 2.19 bits per heavy atom. The van der Waals surface area contributed by atoms with Gasteiger partial charge in [-0.1, -0.05) is 12.1 Å². The zero-order valence-electron chi connectivity index (χ0n) is 15.2. The number of rotatable bonds is 6. The quantitative estimate of drug-likeness (QED) is 0.714. The number of amides is 2. The van der Waals surface area contributed by atoms with Crippen LogP contribution in [0.15, 0.2) is 29.2 Å². The van der Waals surface area contributed by atoms with Crippen LogP contribution in [-0.4, -0.2) is 81.2 Å². The van der Waals surface area contributed by atoms with Gasteiger partial charge in [0.2, 0.25) is 21.8 Å². The minimum atomic E-state index is -3.71. The van der Waals surface area contributed by atoms with E-state index < -0.39 is 10.0 Å². The third-order valence-corrected chi connectivity index (χ3v) is 5.48. The molecule has 9 heteroatoms. The molecule has 0 saturated carbocycles. The van der Waals surface area contributed by atoms with Crippen LogP contribution in [0.1, 0.15) is 12.5 Å². The van der Waals surface area contributed by atoms with Gasteiger partial charge in [-0.2, -0.15) is 0 Å². The fraction of sp³-hybridized carbons (Fsp3) is 0.529. The van der Waals surface area contributed by atoms with Gasteiger partial charge in [0.1, 0.15) is 0 Å². The second kappa shape index (κ2) is 8.61. The molecule has 0 atom stereocenters. The molecule has 2 N–H and O–H groups in total. The molecule has 2 rings (SSSR count). The fourth-order valence-corrected chi connectivity index (χ4v) is 3.29. The van der Waals surface area contributed by atoms with Crippen molar-refractivity contribution in [1.82, 2.24) is 14.7 Å². The van der Waals surface area contributed by atoms with E-state index in [0.29, 0.717) is 26.1 Å². The Kier molecular flexibility index (Phi) is 6.74. The highest BCUT2D eigenvalue weighted by Crippen LogP contribution is 2.10. The van der Waals surface area contributed by atoms with Crippen LogP contribution >= 0.6 is 0 Å². The number of primary sulfonamides is 1. The van der Waals surface area contributed by atoms with Gasteiger partial charge in [-0.3, -0.25) is 9.59 Å². The van der Waals surface area contributed by atoms with Crippen LogP contribution < -0.4 is 5.14 Å². The molecule has 26 heavy (non-hydrogen) atoms. The number of piperazine rings is 1. The maximum atomic E-state index is 12.4. The first kappa shape index (κ1) is 20.3. The van der Waals surface area contributed by atoms with Crippen LogP contribution in [0.5, 0.6) is 0 Å². The average molecular weight is 382 g/mol. The summed E-state index contributed by atoms with van der Waals surface area (Å²) in [5.74, 6) is -0.202. The zero-order chi connectivity index (χ0) is 19.3. The van der Waals surface area contributed by atoms with Gasteiger partial charge in [-0.05, 0) is 31.2 Å². The van der Waals surface area contributed by atoms with Crippen molar-refractivity contribution in [1.29, 1.82) is 0 Å². The molecule has 1 heterocycles. The van der Waals surface area contributed by atoms with Crippen LogP contribution in [0.2, 0.25) is 0 Å². The van der Waals surface area contributed by atoms with Gasteiger partial charge in [-0.15, -0.1) is 0 Å². The highest BCUT2D eigenvalue weighted by atomic mass is 32.2. The Balaban J connectivity index is 1.92. The molecule has 0 unspecified atom stereocenters. The second-order valence-electron chi connectivity index (χ2n) is 6.56. The van der Waals surface area contributed by atoms with Crippen LogP contribution in [0.3, 0.4) is 0 Å². The summed E-state index contributed by atoms with van der Waals surface area (Å²) in [4.78, 5) is 29.8. The van der Waals surface area contributed by atoms with Gasteiger partial charge in [-0.25, -0.2) is 13.6 Å². The minimum Gasteiger partial charge on any atom is -0.339 e. The van der Waals surface area contributed by atoms with Gasteiger partial charge in [0.05, 0.1) is 11.4 Å². The smallest absolute Gasteiger partial charge is 0.242 e. The maximum Gasteiger partial charge on any atom is 0.242 e. The lowest BCUT2D eigenvalue weighted by atomic mass is 10.1. The summed E-state index contributed by atoms with van der Waals surface area (Å²) in [5, 5.41) is 5.08. The first-order valence-electron chi connectivity index (χ1n) is 8.50. The molecule has 0 radical (unpaired) electrons. The molecule has 1 aliphatic rings. The lowest BCUT2D eigenvalue weighted by Gasteiger charge is -2.33. The van der Waals surface area contributed by atoms with E-state index in [-0.39, 0.29) is 23.3 Å². The van der Waals surface area contributed by atoms with Crippen molar-refractivity contribution >= 4 is 21.8 Å². The molecular formula is C17H26N4O4S. The summed E-state index contributed by atoms with van der Waals surface area (Å²) in [7, 11) is -1.70. The Labute approximate surface area is 154 Å². The second-order valence-corrected chi connectivity index (χ2v) is 8.13. The Bertz CT molecular complexity index is 741. The van der Waals surface area contributed by atoms with Gasteiger partial charge in [0.25, 0.3) is 0 Å². The first-order valence-corrected chi connectivity index (χ1v) is 10.0. The van der Waals surface area contributed by atoms with Crippen molar-refractivity contribution in [2.75, 3.05) is 46.3 Å². The third kappa shape index (κ3) is 5.79. The summed E-state index contributed by atoms with van der Waals surface area (Å²) in [6, 6.07) is 6.22. The van der Waals surface area contributed by atoms with E-state index in [9.17, 15) is 18.0 Å². The van der Waals surface area contributed by atoms with E-state index in [0.717, 1.165) is 18.7 Å². The summed E-state index contributed by atoms with van der Waals surface area (Å²) >= 11 is 0. The average Bonchev–Trinajstić information content (AvgIpc) is 2.58. The number of likely N-dealkylation sites (N-methyl/N-ethyl adjacent to an activating group) is 1. The Morgan fingerprint density at radius 1 is 1.12 bits per heavy atom. The molecule has 0 aromatic heterocycles. The molecule has 1 aromatic carbocycles. The number of sulfonamides is 1. The van der Waals surface area contributed by atoms with Gasteiger partial charge < -0.3 is 14.7 Å². The highest BCUT2D eigenvalue weighted by molar-refractivity contribution is 7.89. The highest BCUT2D eigenvalue weighted by Gasteiger charge is 2.22. The van der Waals surface area contributed by atoms with Crippen LogP contribution in [0.25, 0.3) is 0 Å². The van der Waals surface area contributed by atoms with E-state index in [1.807, 2.05) is 7.05 Å². The van der Waals surface area contributed by atoms with Gasteiger partial charge in [0, 0.05) is 39.6 Å². The van der Waals surface area contributed by atoms with Crippen molar-refractivity contribution in [3.8, 4) is 0 Å². The fourth-order valence-electron chi connectivity index (χ4n) is 2.78. The molecule has 0 bridgehead atoms. The number of hydrogen-bond donors (Lipinski definition) is 1. The van der Waals surface area contributed by atoms with Crippen molar-refractivity contribution in [3.05, 3.63) is 29.8 Å². The number of carbonyl (C=O) groups is 2. The van der Waals surface area contributed by atoms with Gasteiger partial charge >= 0.3 is 0 Å². The van der Waals surface area contributed by atoms with E-state index >= 15 is 0 Å². The molecule has 0 aliphatic carbocycles. The molecule has 1 aromatic rings. The number of benzene rings is 1. The largest absolute Gasteiger partial charge is 0.339 e. The molecule has 144 valence electrons. The minimum absolute atomic E-state index is 0.0436. The number of hydrogen-bond acceptors (Lipinski definition) is 5. The van der Waals surface area contributed by atoms with E-state index in [1.165, 1.54) is 24.0 Å². The molecule has 1 fully saturated rings. The number of carbonyl (C=O) groups excluding carboxylic acids is 2. The molecule has 1 saturated heterocycles. The standard InChI is InChI=1S/C17H26N4O4S/c1-14(22)21(13-17(23)20-11-9-19(2)10-12-20)8-7-15-3-5-16(6-4-15)26(18,24)25/h3-6H,7-13H2,1-2H3,(H2,18,24,25). The predicted octanol–water partition coefficient (Wildman–Crippen LogP) is -0.501. The van der Waals surface area contributed by atoms with Gasteiger partial charge in [0.15, 0.2) is 0 Å². The zero-order valence-corrected chi connectivity index (χ0v) is 16.0. The Hall–Kier alpha value is -1.97. The van der Waals surface area contributed by atoms with Crippen LogP contribution in [-0.2, 0) is 26.0 Å². The summed E-state index contributed by atoms with van der Waals surface area (Å²) in [6.07, 6.45) is 0.528. The molecule has 2 amide bonds. The molecule has 1 aliphatic heterocycles. The predicted molar refractivity (Wildman–Crippen MR) is 97.9 cm³/mol. The van der Waals surface area contributed by atoms with Crippen molar-refractivity contribution < 1.29 is 18.0 Å². The van der Waals surface area contributed by atoms with Crippen molar-refractivity contribution in [2.24, 2.45) is 5.14 Å². The lowest BCUT2D eigenvalue weighted by molar-refractivity contribution is -0.140. The Morgan fingerprint density at radius 2 is 1.69 bits per heavy atom. The normalized spacial score (nSPS) is 15.7. The first-order chi connectivity index (χ1) is 12.2. The van der Waals surface area contributed by atoms with Crippen LogP contribution in [0.4, 0.5) is 0 Å². The van der Waals surface area contributed by atoms with E-state index in [4.69, 9.17) is 5.14 Å². The van der Waals surface area contributed by atoms with E-state index in [1.54, 1.807) is 17.0 Å². The van der Waals surface area contributed by atoms with Crippen LogP contribution in [0, 0.1) is 0 Å². The number of nitrogens with two attached hydrogens (primary N) is 1. The topological polar surface area (TPSA) is 104 Å². The molecule has 8 nitrogen and oxygen atoms in total. The third-order valence-electron chi connectivity index (χ3n) is 4.55. The van der Waals surface area contributed by atoms with Crippen molar-refractivity contribution in [3.63, 3.8) is 0 Å². The van der Waals surface area contributed by atoms with Crippen molar-refractivity contribution in [2.45, 2.75) is 18.2 Å². The maximum absolute atomic E-state index is 12.4. The molecular weight excluding hydrogens is 356 g/mol. The SMILES string of the molecule is CC(=O)N(CCc1ccc(S(N)(=O)=O)cc1)CC(=O)N1CCN(C)CC1. The number of nitrogens with zero attached hydrogens (tertiary/aromatic N) is 3. The summed E-state index contributed by atoms with van der Waals surface area (Å²) in [5.41, 5.74) is 0.871. The summed E-state index contributed by atoms with van der Waals surface area (Å²) in [6.45, 7) is 4.93. The van der Waals surface area contributed by atoms with E-state index in [2.05, 4.69) is 4.90 Å². The monoisotopic (exact) mass is 382 g/mol. The lowest BCUT2D eigenvalue weighted by Crippen LogP contribution is -2.50. The molecule has 0 spiro atoms. The summed E-state index contributed by atoms with van der Waals surface area (Å²) < 4.78 is 22.5.